The minimum absolute atomic E-state index is 0.0129. The monoisotopic (exact) mass is 305 g/mol. The molecule has 0 unspecified atom stereocenters. The van der Waals surface area contributed by atoms with Crippen LogP contribution in [-0.4, -0.2) is 15.8 Å². The summed E-state index contributed by atoms with van der Waals surface area (Å²) in [6, 6.07) is 7.48. The number of hydrogen-bond donors (Lipinski definition) is 1. The fourth-order valence-corrected chi connectivity index (χ4v) is 2.07. The average molecular weight is 306 g/mol. The van der Waals surface area contributed by atoms with Crippen LogP contribution in [0.4, 0.5) is 11.5 Å². The van der Waals surface area contributed by atoms with Crippen LogP contribution in [0.1, 0.15) is 21.6 Å². The summed E-state index contributed by atoms with van der Waals surface area (Å²) in [5, 5.41) is 13.4. The molecule has 0 fully saturated rings. The number of halogens is 1. The van der Waals surface area contributed by atoms with Crippen molar-refractivity contribution in [2.45, 2.75) is 13.8 Å². The molecule has 108 valence electrons. The lowest BCUT2D eigenvalue weighted by Gasteiger charge is -2.07. The number of benzene rings is 1. The Balaban J connectivity index is 2.28. The number of nitrogens with one attached hydrogen (secondary N) is 1. The van der Waals surface area contributed by atoms with Crippen molar-refractivity contribution in [2.75, 3.05) is 5.32 Å². The highest BCUT2D eigenvalue weighted by atomic mass is 35.5. The van der Waals surface area contributed by atoms with Gasteiger partial charge < -0.3 is 5.32 Å². The molecule has 0 saturated carbocycles. The summed E-state index contributed by atoms with van der Waals surface area (Å²) in [6.45, 7) is 3.70. The fourth-order valence-electron chi connectivity index (χ4n) is 1.89. The maximum Gasteiger partial charge on any atom is 0.288 e. The van der Waals surface area contributed by atoms with Gasteiger partial charge in [-0.05, 0) is 43.7 Å². The Morgan fingerprint density at radius 3 is 2.62 bits per heavy atom. The molecule has 21 heavy (non-hydrogen) atoms. The number of amides is 1. The number of rotatable bonds is 3. The Bertz CT molecular complexity index is 711. The van der Waals surface area contributed by atoms with Crippen LogP contribution in [-0.2, 0) is 0 Å². The van der Waals surface area contributed by atoms with E-state index in [0.29, 0.717) is 5.82 Å². The van der Waals surface area contributed by atoms with Gasteiger partial charge in [-0.3, -0.25) is 14.9 Å². The van der Waals surface area contributed by atoms with Crippen LogP contribution < -0.4 is 5.32 Å². The molecule has 1 heterocycles. The predicted octanol–water partition coefficient (Wildman–Crippen LogP) is 3.51. The summed E-state index contributed by atoms with van der Waals surface area (Å²) >= 11 is 5.71. The number of carbonyl (C=O) groups is 1. The van der Waals surface area contributed by atoms with Crippen molar-refractivity contribution < 1.29 is 9.72 Å². The predicted molar refractivity (Wildman–Crippen MR) is 79.8 cm³/mol. The molecule has 0 bridgehead atoms. The molecule has 0 radical (unpaired) electrons. The molecular formula is C14H12ClN3O3. The standard InChI is InChI=1S/C14H12ClN3O3/c1-8-5-9(2)16-13(6-8)17-14(19)10-3-4-11(15)12(7-10)18(20)21/h3-7H,1-2H3,(H,16,17,19). The SMILES string of the molecule is Cc1cc(C)nc(NC(=O)c2ccc(Cl)c([N+](=O)[O-])c2)c1. The molecule has 0 aliphatic carbocycles. The number of nitro groups is 1. The van der Waals surface area contributed by atoms with Gasteiger partial charge in [0.1, 0.15) is 10.8 Å². The lowest BCUT2D eigenvalue weighted by atomic mass is 10.2. The van der Waals surface area contributed by atoms with E-state index in [1.54, 1.807) is 6.07 Å². The molecule has 0 aliphatic heterocycles. The van der Waals surface area contributed by atoms with Crippen molar-refractivity contribution in [3.63, 3.8) is 0 Å². The molecule has 1 aromatic heterocycles. The summed E-state index contributed by atoms with van der Waals surface area (Å²) in [6.07, 6.45) is 0. The second-order valence-electron chi connectivity index (χ2n) is 4.55. The number of nitrogens with zero attached hydrogens (tertiary/aromatic N) is 2. The van der Waals surface area contributed by atoms with Crippen LogP contribution in [0.5, 0.6) is 0 Å². The van der Waals surface area contributed by atoms with E-state index in [-0.39, 0.29) is 16.3 Å². The van der Waals surface area contributed by atoms with Crippen molar-refractivity contribution in [1.29, 1.82) is 0 Å². The molecule has 2 rings (SSSR count). The molecule has 1 N–H and O–H groups in total. The zero-order chi connectivity index (χ0) is 15.6. The van der Waals surface area contributed by atoms with Gasteiger partial charge >= 0.3 is 0 Å². The third-order valence-corrected chi connectivity index (χ3v) is 3.06. The Kier molecular flexibility index (Phi) is 4.18. The lowest BCUT2D eigenvalue weighted by Crippen LogP contribution is -2.13. The Morgan fingerprint density at radius 2 is 2.00 bits per heavy atom. The minimum Gasteiger partial charge on any atom is -0.307 e. The minimum atomic E-state index is -0.631. The molecule has 0 spiro atoms. The largest absolute Gasteiger partial charge is 0.307 e. The Morgan fingerprint density at radius 1 is 1.29 bits per heavy atom. The van der Waals surface area contributed by atoms with E-state index in [1.807, 2.05) is 19.9 Å². The lowest BCUT2D eigenvalue weighted by molar-refractivity contribution is -0.384. The molecule has 6 nitrogen and oxygen atoms in total. The van der Waals surface area contributed by atoms with Crippen LogP contribution in [0.25, 0.3) is 0 Å². The first kappa shape index (κ1) is 14.9. The highest BCUT2D eigenvalue weighted by molar-refractivity contribution is 6.32. The van der Waals surface area contributed by atoms with Gasteiger partial charge in [0.15, 0.2) is 0 Å². The molecule has 0 atom stereocenters. The van der Waals surface area contributed by atoms with E-state index in [2.05, 4.69) is 10.3 Å². The first-order valence-electron chi connectivity index (χ1n) is 6.07. The van der Waals surface area contributed by atoms with E-state index < -0.39 is 10.8 Å². The van der Waals surface area contributed by atoms with Crippen LogP contribution in [0, 0.1) is 24.0 Å². The molecule has 0 saturated heterocycles. The topological polar surface area (TPSA) is 85.1 Å². The summed E-state index contributed by atoms with van der Waals surface area (Å²) < 4.78 is 0. The quantitative estimate of drug-likeness (QED) is 0.694. The van der Waals surface area contributed by atoms with Gasteiger partial charge in [-0.1, -0.05) is 11.6 Å². The number of carbonyl (C=O) groups excluding carboxylic acids is 1. The van der Waals surface area contributed by atoms with E-state index in [4.69, 9.17) is 11.6 Å². The van der Waals surface area contributed by atoms with Crippen LogP contribution in [0.3, 0.4) is 0 Å². The van der Waals surface area contributed by atoms with Crippen molar-refractivity contribution >= 4 is 29.0 Å². The third kappa shape index (κ3) is 3.55. The molecular weight excluding hydrogens is 294 g/mol. The third-order valence-electron chi connectivity index (χ3n) is 2.74. The van der Waals surface area contributed by atoms with Crippen molar-refractivity contribution in [3.05, 3.63) is 62.3 Å². The fraction of sp³-hybridized carbons (Fsp3) is 0.143. The first-order chi connectivity index (χ1) is 9.86. The molecule has 1 amide bonds. The van der Waals surface area contributed by atoms with Crippen LogP contribution in [0.2, 0.25) is 5.02 Å². The van der Waals surface area contributed by atoms with Gasteiger partial charge in [0, 0.05) is 17.3 Å². The average Bonchev–Trinajstić information content (AvgIpc) is 2.37. The van der Waals surface area contributed by atoms with Gasteiger partial charge in [-0.25, -0.2) is 4.98 Å². The van der Waals surface area contributed by atoms with E-state index in [1.165, 1.54) is 12.1 Å². The second-order valence-corrected chi connectivity index (χ2v) is 4.96. The summed E-state index contributed by atoms with van der Waals surface area (Å²) in [4.78, 5) is 26.5. The molecule has 7 heteroatoms. The maximum atomic E-state index is 12.1. The number of aromatic nitrogens is 1. The number of nitro benzene ring substituents is 1. The Labute approximate surface area is 125 Å². The summed E-state index contributed by atoms with van der Waals surface area (Å²) in [5.41, 5.74) is 1.57. The van der Waals surface area contributed by atoms with Gasteiger partial charge in [0.25, 0.3) is 11.6 Å². The highest BCUT2D eigenvalue weighted by Crippen LogP contribution is 2.25. The Hall–Kier alpha value is -2.47. The molecule has 2 aromatic rings. The van der Waals surface area contributed by atoms with Gasteiger partial charge in [0.05, 0.1) is 4.92 Å². The van der Waals surface area contributed by atoms with Gasteiger partial charge in [0.2, 0.25) is 0 Å². The highest BCUT2D eigenvalue weighted by Gasteiger charge is 2.16. The number of aryl methyl sites for hydroxylation is 2. The van der Waals surface area contributed by atoms with Crippen LogP contribution in [0.15, 0.2) is 30.3 Å². The maximum absolute atomic E-state index is 12.1. The van der Waals surface area contributed by atoms with Gasteiger partial charge in [-0.2, -0.15) is 0 Å². The van der Waals surface area contributed by atoms with E-state index >= 15 is 0 Å². The van der Waals surface area contributed by atoms with Crippen molar-refractivity contribution in [2.24, 2.45) is 0 Å². The zero-order valence-electron chi connectivity index (χ0n) is 11.4. The first-order valence-corrected chi connectivity index (χ1v) is 6.45. The van der Waals surface area contributed by atoms with Crippen LogP contribution >= 0.6 is 11.6 Å². The molecule has 0 aliphatic rings. The number of hydrogen-bond acceptors (Lipinski definition) is 4. The van der Waals surface area contributed by atoms with Crippen molar-refractivity contribution in [3.8, 4) is 0 Å². The second kappa shape index (κ2) is 5.88. The number of anilines is 1. The smallest absolute Gasteiger partial charge is 0.288 e. The molecule has 1 aromatic carbocycles. The summed E-state index contributed by atoms with van der Waals surface area (Å²) in [5.74, 6) is -0.0811. The van der Waals surface area contributed by atoms with E-state index in [9.17, 15) is 14.9 Å². The van der Waals surface area contributed by atoms with Crippen molar-refractivity contribution in [1.82, 2.24) is 4.98 Å². The van der Waals surface area contributed by atoms with E-state index in [0.717, 1.165) is 17.3 Å². The normalized spacial score (nSPS) is 10.2. The summed E-state index contributed by atoms with van der Waals surface area (Å²) in [7, 11) is 0. The number of pyridine rings is 1. The zero-order valence-corrected chi connectivity index (χ0v) is 12.1. The van der Waals surface area contributed by atoms with Gasteiger partial charge in [-0.15, -0.1) is 0 Å².